The lowest BCUT2D eigenvalue weighted by Crippen LogP contribution is -2.36. The molecular formula is C23H31IN6O. The summed E-state index contributed by atoms with van der Waals surface area (Å²) in [5.41, 5.74) is 4.43. The summed E-state index contributed by atoms with van der Waals surface area (Å²) in [7, 11) is 1.77. The Hall–Kier alpha value is -2.62. The minimum atomic E-state index is 0. The van der Waals surface area contributed by atoms with Crippen LogP contribution >= 0.6 is 24.0 Å². The molecule has 3 aromatic rings. The van der Waals surface area contributed by atoms with Crippen LogP contribution < -0.4 is 15.4 Å². The monoisotopic (exact) mass is 534 g/mol. The molecule has 8 heteroatoms. The van der Waals surface area contributed by atoms with Gasteiger partial charge in [-0.1, -0.05) is 31.2 Å². The molecule has 2 aromatic carbocycles. The smallest absolute Gasteiger partial charge is 0.191 e. The maximum atomic E-state index is 6.10. The van der Waals surface area contributed by atoms with Crippen molar-refractivity contribution in [3.05, 3.63) is 71.8 Å². The molecule has 0 aliphatic carbocycles. The summed E-state index contributed by atoms with van der Waals surface area (Å²) in [5.74, 6) is 1.67. The summed E-state index contributed by atoms with van der Waals surface area (Å²) in [5, 5.41) is 10.9. The van der Waals surface area contributed by atoms with Crippen LogP contribution in [0.4, 0.5) is 0 Å². The Morgan fingerprint density at radius 2 is 1.87 bits per heavy atom. The van der Waals surface area contributed by atoms with E-state index in [1.165, 1.54) is 11.9 Å². The highest BCUT2D eigenvalue weighted by Gasteiger charge is 2.09. The number of guanidine groups is 1. The van der Waals surface area contributed by atoms with Gasteiger partial charge in [0.2, 0.25) is 0 Å². The third-order valence-corrected chi connectivity index (χ3v) is 4.88. The normalized spacial score (nSPS) is 12.1. The number of nitrogens with one attached hydrogen (secondary N) is 2. The number of hydrogen-bond donors (Lipinski definition) is 2. The zero-order chi connectivity index (χ0) is 21.3. The molecule has 0 amide bonds. The average molecular weight is 534 g/mol. The molecule has 0 saturated heterocycles. The van der Waals surface area contributed by atoms with Gasteiger partial charge in [0, 0.05) is 25.7 Å². The number of nitrogens with zero attached hydrogens (tertiary/aromatic N) is 4. The van der Waals surface area contributed by atoms with Crippen molar-refractivity contribution in [2.75, 3.05) is 7.05 Å². The van der Waals surface area contributed by atoms with Crippen LogP contribution in [0.1, 0.15) is 37.0 Å². The molecule has 1 aromatic heterocycles. The van der Waals surface area contributed by atoms with Gasteiger partial charge in [0.05, 0.1) is 11.8 Å². The number of hydrogen-bond acceptors (Lipinski definition) is 4. The molecule has 0 aliphatic rings. The van der Waals surface area contributed by atoms with Crippen LogP contribution in [0.25, 0.3) is 5.69 Å². The van der Waals surface area contributed by atoms with E-state index in [-0.39, 0.29) is 30.1 Å². The van der Waals surface area contributed by atoms with Crippen LogP contribution in [0.2, 0.25) is 0 Å². The van der Waals surface area contributed by atoms with Crippen LogP contribution in [0.5, 0.6) is 5.75 Å². The highest BCUT2D eigenvalue weighted by molar-refractivity contribution is 14.0. The van der Waals surface area contributed by atoms with E-state index in [0.29, 0.717) is 13.1 Å². The second-order valence-electron chi connectivity index (χ2n) is 7.23. The number of ether oxygens (including phenoxy) is 1. The fourth-order valence-electron chi connectivity index (χ4n) is 2.91. The topological polar surface area (TPSA) is 76.4 Å². The Morgan fingerprint density at radius 3 is 2.52 bits per heavy atom. The summed E-state index contributed by atoms with van der Waals surface area (Å²) in [6.45, 7) is 7.60. The van der Waals surface area contributed by atoms with Crippen molar-refractivity contribution in [2.24, 2.45) is 4.99 Å². The molecule has 1 heterocycles. The molecule has 0 bridgehead atoms. The van der Waals surface area contributed by atoms with E-state index in [2.05, 4.69) is 76.8 Å². The lowest BCUT2D eigenvalue weighted by atomic mass is 10.1. The SMILES string of the molecule is CCC(C)Oc1cc(C)ccc1CNC(=NC)NCc1ccc(-n2cncn2)cc1.I. The first kappa shape index (κ1) is 24.6. The van der Waals surface area contributed by atoms with Gasteiger partial charge in [-0.15, -0.1) is 24.0 Å². The molecule has 3 rings (SSSR count). The maximum absolute atomic E-state index is 6.10. The van der Waals surface area contributed by atoms with Gasteiger partial charge < -0.3 is 15.4 Å². The molecule has 2 N–H and O–H groups in total. The summed E-state index contributed by atoms with van der Waals surface area (Å²) in [6, 6.07) is 14.5. The molecule has 0 radical (unpaired) electrons. The first-order valence-corrected chi connectivity index (χ1v) is 10.2. The van der Waals surface area contributed by atoms with Crippen LogP contribution in [-0.2, 0) is 13.1 Å². The van der Waals surface area contributed by atoms with Crippen molar-refractivity contribution in [2.45, 2.75) is 46.4 Å². The quantitative estimate of drug-likeness (QED) is 0.257. The van der Waals surface area contributed by atoms with E-state index in [9.17, 15) is 0 Å². The summed E-state index contributed by atoms with van der Waals surface area (Å²) >= 11 is 0. The average Bonchev–Trinajstić information content (AvgIpc) is 3.30. The highest BCUT2D eigenvalue weighted by atomic mass is 127. The van der Waals surface area contributed by atoms with E-state index in [4.69, 9.17) is 4.74 Å². The van der Waals surface area contributed by atoms with E-state index in [1.807, 2.05) is 12.1 Å². The van der Waals surface area contributed by atoms with Gasteiger partial charge in [0.25, 0.3) is 0 Å². The van der Waals surface area contributed by atoms with Gasteiger partial charge >= 0.3 is 0 Å². The van der Waals surface area contributed by atoms with Gasteiger partial charge in [-0.25, -0.2) is 9.67 Å². The van der Waals surface area contributed by atoms with Crippen molar-refractivity contribution < 1.29 is 4.74 Å². The standard InChI is InChI=1S/C23H30N6O.HI/c1-5-18(3)30-22-12-17(2)6-9-20(22)14-27-23(24-4)26-13-19-7-10-21(11-8-19)29-16-25-15-28-29;/h6-12,15-16,18H,5,13-14H2,1-4H3,(H2,24,26,27);1H. The molecule has 166 valence electrons. The van der Waals surface area contributed by atoms with Crippen molar-refractivity contribution in [1.29, 1.82) is 0 Å². The Labute approximate surface area is 201 Å². The lowest BCUT2D eigenvalue weighted by Gasteiger charge is -2.18. The van der Waals surface area contributed by atoms with Gasteiger partial charge in [0.1, 0.15) is 18.4 Å². The van der Waals surface area contributed by atoms with Crippen LogP contribution in [0, 0.1) is 6.92 Å². The van der Waals surface area contributed by atoms with Crippen LogP contribution in [-0.4, -0.2) is 33.9 Å². The Kier molecular flexibility index (Phi) is 9.77. The van der Waals surface area contributed by atoms with Crippen molar-refractivity contribution in [1.82, 2.24) is 25.4 Å². The highest BCUT2D eigenvalue weighted by Crippen LogP contribution is 2.22. The largest absolute Gasteiger partial charge is 0.490 e. The molecule has 0 fully saturated rings. The van der Waals surface area contributed by atoms with Gasteiger partial charge in [0.15, 0.2) is 5.96 Å². The predicted octanol–water partition coefficient (Wildman–Crippen LogP) is 4.24. The molecule has 1 atom stereocenters. The van der Waals surface area contributed by atoms with E-state index in [1.54, 1.807) is 18.1 Å². The third-order valence-electron chi connectivity index (χ3n) is 4.88. The number of benzene rings is 2. The summed E-state index contributed by atoms with van der Waals surface area (Å²) in [6.07, 6.45) is 4.37. The summed E-state index contributed by atoms with van der Waals surface area (Å²) in [4.78, 5) is 8.31. The zero-order valence-corrected chi connectivity index (χ0v) is 20.8. The molecule has 31 heavy (non-hydrogen) atoms. The van der Waals surface area contributed by atoms with Gasteiger partial charge in [-0.3, -0.25) is 4.99 Å². The number of aliphatic imine (C=N–C) groups is 1. The van der Waals surface area contributed by atoms with Crippen molar-refractivity contribution >= 4 is 29.9 Å². The minimum Gasteiger partial charge on any atom is -0.490 e. The molecule has 0 aliphatic heterocycles. The van der Waals surface area contributed by atoms with E-state index >= 15 is 0 Å². The number of aryl methyl sites for hydroxylation is 1. The first-order valence-electron chi connectivity index (χ1n) is 10.2. The number of halogens is 1. The van der Waals surface area contributed by atoms with Crippen molar-refractivity contribution in [3.63, 3.8) is 0 Å². The summed E-state index contributed by atoms with van der Waals surface area (Å²) < 4.78 is 7.84. The Balaban J connectivity index is 0.00000341. The second kappa shape index (κ2) is 12.3. The first-order chi connectivity index (χ1) is 14.6. The molecule has 0 saturated carbocycles. The Morgan fingerprint density at radius 1 is 1.13 bits per heavy atom. The molecule has 1 unspecified atom stereocenters. The van der Waals surface area contributed by atoms with E-state index in [0.717, 1.165) is 34.9 Å². The second-order valence-corrected chi connectivity index (χ2v) is 7.23. The van der Waals surface area contributed by atoms with E-state index < -0.39 is 0 Å². The van der Waals surface area contributed by atoms with Crippen LogP contribution in [0.3, 0.4) is 0 Å². The lowest BCUT2D eigenvalue weighted by molar-refractivity contribution is 0.215. The zero-order valence-electron chi connectivity index (χ0n) is 18.5. The Bertz CT molecular complexity index is 957. The number of aromatic nitrogens is 3. The van der Waals surface area contributed by atoms with Crippen LogP contribution in [0.15, 0.2) is 60.1 Å². The minimum absolute atomic E-state index is 0. The predicted molar refractivity (Wildman–Crippen MR) is 135 cm³/mol. The number of rotatable bonds is 8. The third kappa shape index (κ3) is 7.23. The molecule has 0 spiro atoms. The van der Waals surface area contributed by atoms with Gasteiger partial charge in [-0.2, -0.15) is 5.10 Å². The van der Waals surface area contributed by atoms with Crippen molar-refractivity contribution in [3.8, 4) is 11.4 Å². The fourth-order valence-corrected chi connectivity index (χ4v) is 2.91. The fraction of sp³-hybridized carbons (Fsp3) is 0.348. The van der Waals surface area contributed by atoms with Gasteiger partial charge in [-0.05, 0) is 49.6 Å². The molecular weight excluding hydrogens is 503 g/mol. The maximum Gasteiger partial charge on any atom is 0.191 e. The molecule has 7 nitrogen and oxygen atoms in total.